The third kappa shape index (κ3) is 4.58. The second kappa shape index (κ2) is 7.41. The van der Waals surface area contributed by atoms with Crippen LogP contribution in [0, 0.1) is 19.3 Å². The van der Waals surface area contributed by atoms with Gasteiger partial charge in [0, 0.05) is 30.2 Å². The number of nitrogens with zero attached hydrogens (tertiary/aromatic N) is 2. The Bertz CT molecular complexity index is 642. The van der Waals surface area contributed by atoms with Crippen LogP contribution in [0.3, 0.4) is 0 Å². The van der Waals surface area contributed by atoms with E-state index in [1.165, 1.54) is 11.1 Å². The summed E-state index contributed by atoms with van der Waals surface area (Å²) in [6.45, 7) is 3.01. The minimum atomic E-state index is -0.217. The molecule has 108 valence electrons. The van der Waals surface area contributed by atoms with Crippen molar-refractivity contribution in [3.8, 4) is 12.3 Å². The van der Waals surface area contributed by atoms with E-state index in [2.05, 4.69) is 26.5 Å². The van der Waals surface area contributed by atoms with Gasteiger partial charge in [-0.2, -0.15) is 0 Å². The van der Waals surface area contributed by atoms with Crippen molar-refractivity contribution in [2.75, 3.05) is 18.4 Å². The fourth-order valence-electron chi connectivity index (χ4n) is 1.68. The minimum absolute atomic E-state index is 0.214. The van der Waals surface area contributed by atoms with Crippen molar-refractivity contribution < 1.29 is 4.79 Å². The normalized spacial score (nSPS) is 9.90. The monoisotopic (exact) mass is 300 g/mol. The maximum absolute atomic E-state index is 11.6. The van der Waals surface area contributed by atoms with E-state index in [-0.39, 0.29) is 12.5 Å². The van der Waals surface area contributed by atoms with E-state index >= 15 is 0 Å². The van der Waals surface area contributed by atoms with Gasteiger partial charge in [-0.25, -0.2) is 9.97 Å². The van der Waals surface area contributed by atoms with Crippen LogP contribution in [0.2, 0.25) is 0 Å². The van der Waals surface area contributed by atoms with Gasteiger partial charge >= 0.3 is 0 Å². The highest BCUT2D eigenvalue weighted by molar-refractivity contribution is 7.11. The van der Waals surface area contributed by atoms with Gasteiger partial charge in [0.15, 0.2) is 0 Å². The molecule has 6 heteroatoms. The first-order chi connectivity index (χ1) is 10.2. The Labute approximate surface area is 127 Å². The van der Waals surface area contributed by atoms with Crippen LogP contribution in [0.5, 0.6) is 0 Å². The molecule has 2 aromatic heterocycles. The molecule has 0 aliphatic carbocycles. The van der Waals surface area contributed by atoms with Crippen molar-refractivity contribution >= 4 is 23.1 Å². The third-order valence-corrected chi connectivity index (χ3v) is 3.66. The molecule has 2 heterocycles. The van der Waals surface area contributed by atoms with E-state index in [1.54, 1.807) is 23.5 Å². The molecular weight excluding hydrogens is 284 g/mol. The molecule has 5 nitrogen and oxygen atoms in total. The van der Waals surface area contributed by atoms with Gasteiger partial charge in [-0.1, -0.05) is 5.92 Å². The first kappa shape index (κ1) is 15.0. The predicted molar refractivity (Wildman–Crippen MR) is 84.4 cm³/mol. The molecular formula is C15H16N4OS. The van der Waals surface area contributed by atoms with Gasteiger partial charge < -0.3 is 10.6 Å². The molecule has 0 atom stereocenters. The first-order valence-corrected chi connectivity index (χ1v) is 7.33. The van der Waals surface area contributed by atoms with E-state index in [0.29, 0.717) is 5.56 Å². The topological polar surface area (TPSA) is 66.9 Å². The van der Waals surface area contributed by atoms with Gasteiger partial charge in [0.1, 0.15) is 5.82 Å². The lowest BCUT2D eigenvalue weighted by Gasteiger charge is -2.05. The number of nitrogens with one attached hydrogen (secondary N) is 2. The third-order valence-electron chi connectivity index (χ3n) is 2.69. The highest BCUT2D eigenvalue weighted by Gasteiger charge is 2.05. The van der Waals surface area contributed by atoms with Gasteiger partial charge in [-0.15, -0.1) is 17.8 Å². The summed E-state index contributed by atoms with van der Waals surface area (Å²) in [5, 5.41) is 6.90. The number of anilines is 1. The molecule has 0 bridgehead atoms. The maximum Gasteiger partial charge on any atom is 0.253 e. The summed E-state index contributed by atoms with van der Waals surface area (Å²) in [7, 11) is 0. The van der Waals surface area contributed by atoms with Crippen LogP contribution in [0.4, 0.5) is 5.82 Å². The Hall–Kier alpha value is -2.39. The molecule has 0 aliphatic rings. The smallest absolute Gasteiger partial charge is 0.253 e. The zero-order valence-corrected chi connectivity index (χ0v) is 12.5. The number of terminal acetylenes is 1. The molecule has 0 fully saturated rings. The quantitative estimate of drug-likeness (QED) is 0.799. The lowest BCUT2D eigenvalue weighted by Crippen LogP contribution is -2.23. The van der Waals surface area contributed by atoms with Crippen LogP contribution < -0.4 is 10.6 Å². The largest absolute Gasteiger partial charge is 0.370 e. The van der Waals surface area contributed by atoms with Crippen molar-refractivity contribution in [1.82, 2.24) is 15.3 Å². The fraction of sp³-hybridized carbons (Fsp3) is 0.267. The van der Waals surface area contributed by atoms with Crippen molar-refractivity contribution in [2.24, 2.45) is 0 Å². The van der Waals surface area contributed by atoms with E-state index in [9.17, 15) is 4.79 Å². The van der Waals surface area contributed by atoms with Crippen molar-refractivity contribution in [2.45, 2.75) is 13.3 Å². The van der Waals surface area contributed by atoms with Gasteiger partial charge in [-0.3, -0.25) is 4.79 Å². The number of hydrogen-bond acceptors (Lipinski definition) is 5. The number of hydrogen-bond donors (Lipinski definition) is 2. The summed E-state index contributed by atoms with van der Waals surface area (Å²) < 4.78 is 0. The Morgan fingerprint density at radius 3 is 2.86 bits per heavy atom. The van der Waals surface area contributed by atoms with Crippen molar-refractivity contribution in [1.29, 1.82) is 0 Å². The van der Waals surface area contributed by atoms with Gasteiger partial charge in [-0.05, 0) is 19.1 Å². The Kier molecular flexibility index (Phi) is 5.29. The number of aryl methyl sites for hydroxylation is 1. The summed E-state index contributed by atoms with van der Waals surface area (Å²) in [4.78, 5) is 21.4. The Morgan fingerprint density at radius 2 is 2.24 bits per heavy atom. The molecule has 0 unspecified atom stereocenters. The van der Waals surface area contributed by atoms with Crippen LogP contribution in [0.15, 0.2) is 24.5 Å². The zero-order chi connectivity index (χ0) is 15.1. The fourth-order valence-corrected chi connectivity index (χ4v) is 2.47. The lowest BCUT2D eigenvalue weighted by atomic mass is 10.2. The highest BCUT2D eigenvalue weighted by Crippen LogP contribution is 2.12. The number of aromatic nitrogens is 2. The number of rotatable bonds is 6. The molecule has 0 saturated carbocycles. The van der Waals surface area contributed by atoms with Gasteiger partial charge in [0.05, 0.1) is 17.1 Å². The van der Waals surface area contributed by atoms with E-state index < -0.39 is 0 Å². The molecule has 2 aromatic rings. The highest BCUT2D eigenvalue weighted by atomic mass is 32.1. The van der Waals surface area contributed by atoms with Crippen LogP contribution in [0.1, 0.15) is 20.2 Å². The predicted octanol–water partition coefficient (Wildman–Crippen LogP) is 1.86. The molecule has 2 N–H and O–H groups in total. The molecule has 2 rings (SSSR count). The van der Waals surface area contributed by atoms with Gasteiger partial charge in [0.2, 0.25) is 0 Å². The maximum atomic E-state index is 11.6. The SMILES string of the molecule is C#CCNC(=O)c1ccc(NCCc2ncc(C)s2)nc1. The number of amides is 1. The van der Waals surface area contributed by atoms with Crippen molar-refractivity contribution in [3.63, 3.8) is 0 Å². The average molecular weight is 300 g/mol. The van der Waals surface area contributed by atoms with Crippen LogP contribution in [-0.2, 0) is 6.42 Å². The Balaban J connectivity index is 1.82. The minimum Gasteiger partial charge on any atom is -0.370 e. The summed E-state index contributed by atoms with van der Waals surface area (Å²) in [5.74, 6) is 2.87. The zero-order valence-electron chi connectivity index (χ0n) is 11.7. The molecule has 0 aromatic carbocycles. The standard InChI is InChI=1S/C15H16N4OS/c1-3-7-17-15(20)12-4-5-13(18-10-12)16-8-6-14-19-9-11(2)21-14/h1,4-5,9-10H,6-8H2,2H3,(H,16,18)(H,17,20). The van der Waals surface area contributed by atoms with Crippen LogP contribution in [0.25, 0.3) is 0 Å². The van der Waals surface area contributed by atoms with Crippen LogP contribution >= 0.6 is 11.3 Å². The van der Waals surface area contributed by atoms with Crippen molar-refractivity contribution in [3.05, 3.63) is 40.0 Å². The Morgan fingerprint density at radius 1 is 1.38 bits per heavy atom. The first-order valence-electron chi connectivity index (χ1n) is 6.52. The molecule has 21 heavy (non-hydrogen) atoms. The number of thiazole rings is 1. The summed E-state index contributed by atoms with van der Waals surface area (Å²) in [6.07, 6.45) is 9.35. The molecule has 0 aliphatic heterocycles. The summed E-state index contributed by atoms with van der Waals surface area (Å²) >= 11 is 1.70. The molecule has 1 amide bonds. The number of carbonyl (C=O) groups is 1. The number of pyridine rings is 1. The van der Waals surface area contributed by atoms with Crippen LogP contribution in [-0.4, -0.2) is 29.0 Å². The summed E-state index contributed by atoms with van der Waals surface area (Å²) in [6, 6.07) is 3.49. The molecule has 0 spiro atoms. The second-order valence-electron chi connectivity index (χ2n) is 4.36. The van der Waals surface area contributed by atoms with E-state index in [0.717, 1.165) is 23.8 Å². The lowest BCUT2D eigenvalue weighted by molar-refractivity contribution is 0.0958. The van der Waals surface area contributed by atoms with Gasteiger partial charge in [0.25, 0.3) is 5.91 Å². The van der Waals surface area contributed by atoms with E-state index in [1.807, 2.05) is 13.1 Å². The molecule has 0 saturated heterocycles. The summed E-state index contributed by atoms with van der Waals surface area (Å²) in [5.41, 5.74) is 0.492. The number of carbonyl (C=O) groups excluding carboxylic acids is 1. The average Bonchev–Trinajstić information content (AvgIpc) is 2.91. The van der Waals surface area contributed by atoms with E-state index in [4.69, 9.17) is 6.42 Å². The molecule has 0 radical (unpaired) electrons. The second-order valence-corrected chi connectivity index (χ2v) is 5.68.